The van der Waals surface area contributed by atoms with Crippen molar-refractivity contribution in [3.05, 3.63) is 45.8 Å². The van der Waals surface area contributed by atoms with Gasteiger partial charge in [0.05, 0.1) is 12.7 Å². The van der Waals surface area contributed by atoms with Crippen LogP contribution in [0.5, 0.6) is 5.75 Å². The van der Waals surface area contributed by atoms with E-state index < -0.39 is 0 Å². The normalized spacial score (nSPS) is 16.5. The predicted molar refractivity (Wildman–Crippen MR) is 105 cm³/mol. The van der Waals surface area contributed by atoms with Crippen molar-refractivity contribution in [2.75, 3.05) is 12.4 Å². The summed E-state index contributed by atoms with van der Waals surface area (Å²) in [6.45, 7) is 6.81. The van der Waals surface area contributed by atoms with Crippen LogP contribution in [0, 0.1) is 22.7 Å². The molecule has 1 aromatic heterocycles. The van der Waals surface area contributed by atoms with Gasteiger partial charge in [-0.1, -0.05) is 20.8 Å². The molecule has 3 rings (SSSR count). The van der Waals surface area contributed by atoms with Crippen molar-refractivity contribution in [3.8, 4) is 11.8 Å². The van der Waals surface area contributed by atoms with Gasteiger partial charge in [0.15, 0.2) is 0 Å². The number of carbonyl (C=O) groups excluding carboxylic acids is 1. The first-order chi connectivity index (χ1) is 12.3. The van der Waals surface area contributed by atoms with E-state index in [1.54, 1.807) is 42.7 Å². The lowest BCUT2D eigenvalue weighted by atomic mass is 9.72. The SMILES string of the molecule is COc1ccc(C(=O)Nc2sc3c(c2C#N)CC[C@@H](C(C)(C)C)C3)cc1. The zero-order chi connectivity index (χ0) is 18.9. The maximum absolute atomic E-state index is 12.6. The largest absolute Gasteiger partial charge is 0.497 e. The van der Waals surface area contributed by atoms with Gasteiger partial charge in [-0.05, 0) is 60.4 Å². The molecule has 2 aromatic rings. The number of rotatable bonds is 3. The molecule has 0 radical (unpaired) electrons. The fourth-order valence-corrected chi connectivity index (χ4v) is 4.72. The van der Waals surface area contributed by atoms with Crippen molar-refractivity contribution < 1.29 is 9.53 Å². The zero-order valence-electron chi connectivity index (χ0n) is 15.7. The number of hydrogen-bond acceptors (Lipinski definition) is 4. The maximum atomic E-state index is 12.6. The summed E-state index contributed by atoms with van der Waals surface area (Å²) >= 11 is 1.56. The Morgan fingerprint density at radius 3 is 2.58 bits per heavy atom. The average Bonchev–Trinajstić information content (AvgIpc) is 2.97. The van der Waals surface area contributed by atoms with Gasteiger partial charge in [0, 0.05) is 10.4 Å². The summed E-state index contributed by atoms with van der Waals surface area (Å²) in [6.07, 6.45) is 2.99. The van der Waals surface area contributed by atoms with Crippen LogP contribution in [0.15, 0.2) is 24.3 Å². The number of amides is 1. The number of fused-ring (bicyclic) bond motifs is 1. The molecule has 1 heterocycles. The fourth-order valence-electron chi connectivity index (χ4n) is 3.45. The van der Waals surface area contributed by atoms with Gasteiger partial charge in [0.25, 0.3) is 5.91 Å². The maximum Gasteiger partial charge on any atom is 0.256 e. The third-order valence-electron chi connectivity index (χ3n) is 5.18. The Morgan fingerprint density at radius 1 is 1.31 bits per heavy atom. The Morgan fingerprint density at radius 2 is 2.00 bits per heavy atom. The zero-order valence-corrected chi connectivity index (χ0v) is 16.5. The predicted octanol–water partition coefficient (Wildman–Crippen LogP) is 5.03. The number of nitrogens with zero attached hydrogens (tertiary/aromatic N) is 1. The molecule has 0 aliphatic heterocycles. The van der Waals surface area contributed by atoms with E-state index in [0.717, 1.165) is 24.8 Å². The molecular formula is C21H24N2O2S. The lowest BCUT2D eigenvalue weighted by molar-refractivity contribution is 0.102. The van der Waals surface area contributed by atoms with Crippen LogP contribution in [0.25, 0.3) is 0 Å². The van der Waals surface area contributed by atoms with E-state index in [1.807, 2.05) is 0 Å². The van der Waals surface area contributed by atoms with E-state index in [0.29, 0.717) is 27.8 Å². The summed E-state index contributed by atoms with van der Waals surface area (Å²) in [4.78, 5) is 13.8. The number of benzene rings is 1. The Labute approximate surface area is 158 Å². The van der Waals surface area contributed by atoms with Crippen LogP contribution in [0.3, 0.4) is 0 Å². The lowest BCUT2D eigenvalue weighted by Gasteiger charge is -2.33. The van der Waals surface area contributed by atoms with Gasteiger partial charge < -0.3 is 10.1 Å². The molecule has 1 aromatic carbocycles. The molecule has 136 valence electrons. The van der Waals surface area contributed by atoms with E-state index in [9.17, 15) is 10.1 Å². The van der Waals surface area contributed by atoms with E-state index in [2.05, 4.69) is 32.2 Å². The molecule has 0 bridgehead atoms. The molecule has 0 saturated carbocycles. The molecule has 0 spiro atoms. The molecule has 1 aliphatic carbocycles. The molecule has 1 atom stereocenters. The minimum atomic E-state index is -0.199. The van der Waals surface area contributed by atoms with Crippen molar-refractivity contribution in [1.82, 2.24) is 0 Å². The van der Waals surface area contributed by atoms with Gasteiger partial charge >= 0.3 is 0 Å². The summed E-state index contributed by atoms with van der Waals surface area (Å²) in [7, 11) is 1.59. The molecule has 5 heteroatoms. The van der Waals surface area contributed by atoms with Crippen molar-refractivity contribution in [3.63, 3.8) is 0 Å². The molecular weight excluding hydrogens is 344 g/mol. The highest BCUT2D eigenvalue weighted by atomic mass is 32.1. The summed E-state index contributed by atoms with van der Waals surface area (Å²) < 4.78 is 5.12. The van der Waals surface area contributed by atoms with Crippen LogP contribution in [-0.2, 0) is 12.8 Å². The third kappa shape index (κ3) is 3.61. The summed E-state index contributed by atoms with van der Waals surface area (Å²) in [6, 6.07) is 9.27. The van der Waals surface area contributed by atoms with E-state index in [-0.39, 0.29) is 11.3 Å². The van der Waals surface area contributed by atoms with Crippen LogP contribution in [0.1, 0.15) is 53.6 Å². The molecule has 4 nitrogen and oxygen atoms in total. The van der Waals surface area contributed by atoms with Gasteiger partial charge in [-0.15, -0.1) is 11.3 Å². The number of nitriles is 1. The number of ether oxygens (including phenoxy) is 1. The summed E-state index contributed by atoms with van der Waals surface area (Å²) in [5.74, 6) is 1.11. The first-order valence-electron chi connectivity index (χ1n) is 8.83. The monoisotopic (exact) mass is 368 g/mol. The van der Waals surface area contributed by atoms with E-state index in [4.69, 9.17) is 4.74 Å². The van der Waals surface area contributed by atoms with Gasteiger partial charge in [-0.3, -0.25) is 4.79 Å². The van der Waals surface area contributed by atoms with Crippen molar-refractivity contribution in [1.29, 1.82) is 5.26 Å². The Kier molecular flexibility index (Phi) is 5.06. The topological polar surface area (TPSA) is 62.1 Å². The number of nitrogens with one attached hydrogen (secondary N) is 1. The minimum Gasteiger partial charge on any atom is -0.497 e. The number of hydrogen-bond donors (Lipinski definition) is 1. The Balaban J connectivity index is 1.84. The number of thiophene rings is 1. The molecule has 0 unspecified atom stereocenters. The lowest BCUT2D eigenvalue weighted by Crippen LogP contribution is -2.26. The van der Waals surface area contributed by atoms with Gasteiger partial charge in [0.2, 0.25) is 0 Å². The second-order valence-corrected chi connectivity index (χ2v) is 8.91. The second-order valence-electron chi connectivity index (χ2n) is 7.81. The highest BCUT2D eigenvalue weighted by Crippen LogP contribution is 2.44. The van der Waals surface area contributed by atoms with Crippen LogP contribution >= 0.6 is 11.3 Å². The average molecular weight is 369 g/mol. The van der Waals surface area contributed by atoms with Crippen LogP contribution < -0.4 is 10.1 Å². The number of anilines is 1. The number of methoxy groups -OCH3 is 1. The fraction of sp³-hybridized carbons (Fsp3) is 0.429. The van der Waals surface area contributed by atoms with Crippen LogP contribution in [0.2, 0.25) is 0 Å². The molecule has 1 aliphatic rings. The Bertz CT molecular complexity index is 854. The molecule has 26 heavy (non-hydrogen) atoms. The van der Waals surface area contributed by atoms with E-state index in [1.165, 1.54) is 4.88 Å². The van der Waals surface area contributed by atoms with Crippen LogP contribution in [0.4, 0.5) is 5.00 Å². The van der Waals surface area contributed by atoms with Crippen LogP contribution in [-0.4, -0.2) is 13.0 Å². The number of carbonyl (C=O) groups is 1. The smallest absolute Gasteiger partial charge is 0.256 e. The van der Waals surface area contributed by atoms with Gasteiger partial charge in [-0.25, -0.2) is 0 Å². The molecule has 0 saturated heterocycles. The quantitative estimate of drug-likeness (QED) is 0.826. The van der Waals surface area contributed by atoms with Gasteiger partial charge in [-0.2, -0.15) is 5.26 Å². The second kappa shape index (κ2) is 7.13. The summed E-state index contributed by atoms with van der Waals surface area (Å²) in [5, 5.41) is 13.2. The van der Waals surface area contributed by atoms with Crippen molar-refractivity contribution in [2.24, 2.45) is 11.3 Å². The van der Waals surface area contributed by atoms with Crippen molar-refractivity contribution >= 4 is 22.2 Å². The van der Waals surface area contributed by atoms with Gasteiger partial charge in [0.1, 0.15) is 16.8 Å². The molecule has 0 fully saturated rings. The highest BCUT2D eigenvalue weighted by molar-refractivity contribution is 7.16. The van der Waals surface area contributed by atoms with Crippen molar-refractivity contribution in [2.45, 2.75) is 40.0 Å². The first kappa shape index (κ1) is 18.5. The molecule has 1 N–H and O–H groups in total. The van der Waals surface area contributed by atoms with E-state index >= 15 is 0 Å². The Hall–Kier alpha value is -2.32. The summed E-state index contributed by atoms with van der Waals surface area (Å²) in [5.41, 5.74) is 2.57. The molecule has 1 amide bonds. The highest BCUT2D eigenvalue weighted by Gasteiger charge is 2.32. The first-order valence-corrected chi connectivity index (χ1v) is 9.65. The standard InChI is InChI=1S/C21H24N2O2S/c1-21(2,3)14-7-10-16-17(12-22)20(26-18(16)11-14)23-19(24)13-5-8-15(25-4)9-6-13/h5-6,8-9,14H,7,10-11H2,1-4H3,(H,23,24)/t14-/m1/s1. The minimum absolute atomic E-state index is 0.199. The third-order valence-corrected chi connectivity index (χ3v) is 6.35.